The molecule has 5 aliphatic carbocycles. The van der Waals surface area contributed by atoms with Crippen LogP contribution in [0.25, 0.3) is 0 Å². The fourth-order valence-corrected chi connectivity index (χ4v) is 8.50. The van der Waals surface area contributed by atoms with Gasteiger partial charge in [0.05, 0.1) is 22.6 Å². The Morgan fingerprint density at radius 1 is 0.925 bits per heavy atom. The van der Waals surface area contributed by atoms with E-state index in [0.29, 0.717) is 17.8 Å². The van der Waals surface area contributed by atoms with Crippen molar-refractivity contribution in [1.82, 2.24) is 0 Å². The van der Waals surface area contributed by atoms with Crippen LogP contribution in [0.15, 0.2) is 23.1 Å². The number of carbonyl (C=O) groups is 2. The summed E-state index contributed by atoms with van der Waals surface area (Å²) < 4.78 is 84.1. The Bertz CT molecular complexity index is 1230. The minimum atomic E-state index is -4.79. The lowest BCUT2D eigenvalue weighted by Crippen LogP contribution is -2.50. The summed E-state index contributed by atoms with van der Waals surface area (Å²) in [5.41, 5.74) is -3.47. The van der Waals surface area contributed by atoms with Crippen molar-refractivity contribution in [3.63, 3.8) is 0 Å². The lowest BCUT2D eigenvalue weighted by Gasteiger charge is -2.56. The Balaban J connectivity index is 1.26. The maximum Gasteiger partial charge on any atom is 0.417 e. The monoisotopic (exact) mass is 588 g/mol. The van der Waals surface area contributed by atoms with Crippen molar-refractivity contribution in [3.8, 4) is 0 Å². The van der Waals surface area contributed by atoms with E-state index in [1.807, 2.05) is 0 Å². The molecule has 0 radical (unpaired) electrons. The standard InChI is InChI=1S/C28H35F3O8S/c1-26(34,28(29,30)31)21-2-4-22(5-3-21)39-25(33)20-9-19(10-23(11-20)40(35,36)37)24(32)38-15-27-12-16-6-17(13-27)8-18(7-16)14-27/h9-11,16-18,21-22,34H,2-8,12-15H2,1H3,(H,35,36,37). The molecule has 5 aliphatic rings. The molecule has 2 N–H and O–H groups in total. The molecule has 0 amide bonds. The number of alkyl halides is 3. The third-order valence-electron chi connectivity index (χ3n) is 9.67. The molecule has 40 heavy (non-hydrogen) atoms. The SMILES string of the molecule is CC(O)(C1CCC(OC(=O)c2cc(C(=O)OCC34CC5CC(CC(C5)C3)C4)cc(S(=O)(=O)O)c2)CC1)C(F)(F)F. The van der Waals surface area contributed by atoms with Crippen molar-refractivity contribution < 1.29 is 50.3 Å². The molecule has 5 saturated carbocycles. The average Bonchev–Trinajstić information content (AvgIpc) is 2.85. The molecule has 0 heterocycles. The van der Waals surface area contributed by atoms with Crippen molar-refractivity contribution in [2.45, 2.75) is 93.9 Å². The first kappa shape index (κ1) is 29.3. The first-order chi connectivity index (χ1) is 18.5. The molecule has 0 aromatic heterocycles. The molecule has 6 rings (SSSR count). The second kappa shape index (κ2) is 10.3. The van der Waals surface area contributed by atoms with E-state index in [1.165, 1.54) is 19.3 Å². The lowest BCUT2D eigenvalue weighted by molar-refractivity contribution is -0.276. The summed E-state index contributed by atoms with van der Waals surface area (Å²) in [6.45, 7) is 0.935. The molecule has 5 fully saturated rings. The quantitative estimate of drug-likeness (QED) is 0.323. The van der Waals surface area contributed by atoms with Crippen LogP contribution in [0.1, 0.15) is 91.8 Å². The third kappa shape index (κ3) is 5.90. The highest BCUT2D eigenvalue weighted by Crippen LogP contribution is 2.60. The number of hydrogen-bond donors (Lipinski definition) is 2. The topological polar surface area (TPSA) is 127 Å². The van der Waals surface area contributed by atoms with Crippen molar-refractivity contribution >= 4 is 22.1 Å². The van der Waals surface area contributed by atoms with Gasteiger partial charge in [0, 0.05) is 5.41 Å². The number of ether oxygens (including phenoxy) is 2. The van der Waals surface area contributed by atoms with Crippen LogP contribution in [0.5, 0.6) is 0 Å². The van der Waals surface area contributed by atoms with Crippen molar-refractivity contribution in [2.24, 2.45) is 29.1 Å². The predicted octanol–water partition coefficient (Wildman–Crippen LogP) is 5.34. The largest absolute Gasteiger partial charge is 0.462 e. The Hall–Kier alpha value is -2.18. The number of carbonyl (C=O) groups excluding carboxylic acids is 2. The third-order valence-corrected chi connectivity index (χ3v) is 10.5. The summed E-state index contributed by atoms with van der Waals surface area (Å²) in [4.78, 5) is 25.3. The van der Waals surface area contributed by atoms with Gasteiger partial charge in [0.2, 0.25) is 0 Å². The van der Waals surface area contributed by atoms with E-state index in [-0.39, 0.29) is 48.8 Å². The molecule has 0 saturated heterocycles. The Morgan fingerprint density at radius 3 is 1.90 bits per heavy atom. The number of esters is 2. The van der Waals surface area contributed by atoms with E-state index < -0.39 is 50.8 Å². The Labute approximate surface area is 231 Å². The highest BCUT2D eigenvalue weighted by atomic mass is 32.2. The van der Waals surface area contributed by atoms with Crippen LogP contribution in [-0.4, -0.2) is 54.5 Å². The second-order valence-electron chi connectivity index (χ2n) is 12.7. The minimum Gasteiger partial charge on any atom is -0.462 e. The van der Waals surface area contributed by atoms with Gasteiger partial charge in [-0.05, 0) is 113 Å². The van der Waals surface area contributed by atoms with E-state index in [2.05, 4.69) is 0 Å². The van der Waals surface area contributed by atoms with Gasteiger partial charge < -0.3 is 14.6 Å². The van der Waals surface area contributed by atoms with E-state index in [9.17, 15) is 40.8 Å². The molecule has 12 heteroatoms. The zero-order valence-electron chi connectivity index (χ0n) is 22.3. The van der Waals surface area contributed by atoms with Gasteiger partial charge in [0.1, 0.15) is 6.10 Å². The second-order valence-corrected chi connectivity index (χ2v) is 14.2. The summed E-state index contributed by atoms with van der Waals surface area (Å²) in [6.07, 6.45) is 1.18. The number of aliphatic hydroxyl groups is 1. The van der Waals surface area contributed by atoms with Gasteiger partial charge in [0.25, 0.3) is 10.1 Å². The smallest absolute Gasteiger partial charge is 0.417 e. The highest BCUT2D eigenvalue weighted by Gasteiger charge is 2.55. The first-order valence-electron chi connectivity index (χ1n) is 13.8. The molecule has 1 unspecified atom stereocenters. The van der Waals surface area contributed by atoms with E-state index >= 15 is 0 Å². The zero-order valence-corrected chi connectivity index (χ0v) is 23.1. The van der Waals surface area contributed by atoms with Crippen molar-refractivity contribution in [1.29, 1.82) is 0 Å². The fraction of sp³-hybridized carbons (Fsp3) is 0.714. The van der Waals surface area contributed by atoms with Crippen molar-refractivity contribution in [3.05, 3.63) is 29.3 Å². The summed E-state index contributed by atoms with van der Waals surface area (Å²) in [5, 5.41) is 9.94. The molecular weight excluding hydrogens is 553 g/mol. The lowest BCUT2D eigenvalue weighted by atomic mass is 9.50. The number of halogens is 3. The maximum atomic E-state index is 13.2. The van der Waals surface area contributed by atoms with Gasteiger partial charge in [0.15, 0.2) is 5.60 Å². The van der Waals surface area contributed by atoms with E-state index in [4.69, 9.17) is 9.47 Å². The van der Waals surface area contributed by atoms with Gasteiger partial charge in [-0.1, -0.05) is 0 Å². The van der Waals surface area contributed by atoms with Crippen LogP contribution in [0.2, 0.25) is 0 Å². The zero-order chi connectivity index (χ0) is 29.1. The van der Waals surface area contributed by atoms with Crippen LogP contribution >= 0.6 is 0 Å². The molecule has 222 valence electrons. The van der Waals surface area contributed by atoms with Crippen LogP contribution < -0.4 is 0 Å². The summed E-state index contributed by atoms with van der Waals surface area (Å²) in [6, 6.07) is 2.96. The number of hydrogen-bond acceptors (Lipinski definition) is 7. The van der Waals surface area contributed by atoms with E-state index in [1.54, 1.807) is 0 Å². The van der Waals surface area contributed by atoms with Gasteiger partial charge in [-0.3, -0.25) is 4.55 Å². The number of rotatable bonds is 7. The molecule has 1 aromatic carbocycles. The highest BCUT2D eigenvalue weighted by molar-refractivity contribution is 7.85. The molecule has 0 spiro atoms. The van der Waals surface area contributed by atoms with Gasteiger partial charge in [-0.15, -0.1) is 0 Å². The van der Waals surface area contributed by atoms with Gasteiger partial charge >= 0.3 is 18.1 Å². The molecule has 4 bridgehead atoms. The average molecular weight is 589 g/mol. The molecular formula is C28H35F3O8S. The summed E-state index contributed by atoms with van der Waals surface area (Å²) >= 11 is 0. The molecule has 1 atom stereocenters. The minimum absolute atomic E-state index is 0.0303. The Morgan fingerprint density at radius 2 is 1.43 bits per heavy atom. The summed E-state index contributed by atoms with van der Waals surface area (Å²) in [5.74, 6) is -0.922. The van der Waals surface area contributed by atoms with Crippen molar-refractivity contribution in [2.75, 3.05) is 6.61 Å². The van der Waals surface area contributed by atoms with Gasteiger partial charge in [-0.2, -0.15) is 21.6 Å². The van der Waals surface area contributed by atoms with E-state index in [0.717, 1.165) is 44.4 Å². The predicted molar refractivity (Wildman–Crippen MR) is 135 cm³/mol. The van der Waals surface area contributed by atoms with Crippen LogP contribution in [-0.2, 0) is 19.6 Å². The maximum absolute atomic E-state index is 13.2. The van der Waals surface area contributed by atoms with Gasteiger partial charge in [-0.25, -0.2) is 9.59 Å². The molecule has 1 aromatic rings. The fourth-order valence-electron chi connectivity index (χ4n) is 7.95. The van der Waals surface area contributed by atoms with Crippen LogP contribution in [0.4, 0.5) is 13.2 Å². The first-order valence-corrected chi connectivity index (χ1v) is 15.3. The normalized spacial score (nSPS) is 33.3. The number of benzene rings is 1. The Kier molecular flexibility index (Phi) is 7.53. The molecule has 8 nitrogen and oxygen atoms in total. The summed E-state index contributed by atoms with van der Waals surface area (Å²) in [7, 11) is -4.79. The molecule has 0 aliphatic heterocycles. The van der Waals surface area contributed by atoms with Crippen LogP contribution in [0, 0.1) is 29.1 Å². The van der Waals surface area contributed by atoms with Crippen LogP contribution in [0.3, 0.4) is 0 Å².